The molecule has 0 atom stereocenters. The van der Waals surface area contributed by atoms with Crippen LogP contribution in [0.2, 0.25) is 0 Å². The van der Waals surface area contributed by atoms with Crippen LogP contribution >= 0.6 is 11.3 Å². The molecule has 0 unspecified atom stereocenters. The van der Waals surface area contributed by atoms with E-state index in [9.17, 15) is 0 Å². The lowest BCUT2D eigenvalue weighted by molar-refractivity contribution is 0.292. The molecule has 0 aromatic carbocycles. The van der Waals surface area contributed by atoms with Gasteiger partial charge in [0.1, 0.15) is 0 Å². The maximum absolute atomic E-state index is 5.37. The van der Waals surface area contributed by atoms with E-state index in [1.54, 1.807) is 23.0 Å². The first-order chi connectivity index (χ1) is 9.31. The summed E-state index contributed by atoms with van der Waals surface area (Å²) in [5.74, 6) is 5.98. The number of aromatic nitrogens is 4. The second-order valence-corrected chi connectivity index (χ2v) is 4.55. The van der Waals surface area contributed by atoms with E-state index in [1.165, 1.54) is 0 Å². The third kappa shape index (κ3) is 4.00. The van der Waals surface area contributed by atoms with Gasteiger partial charge in [0.05, 0.1) is 18.7 Å². The molecule has 0 fully saturated rings. The minimum Gasteiger partial charge on any atom is -0.463 e. The molecule has 2 heterocycles. The summed E-state index contributed by atoms with van der Waals surface area (Å²) in [5.41, 5.74) is 4.16. The Balaban J connectivity index is 2.05. The van der Waals surface area contributed by atoms with Crippen molar-refractivity contribution in [3.05, 3.63) is 16.6 Å². The van der Waals surface area contributed by atoms with E-state index < -0.39 is 0 Å². The molecule has 4 N–H and O–H groups in total. The van der Waals surface area contributed by atoms with Crippen molar-refractivity contribution in [3.63, 3.8) is 0 Å². The number of ether oxygens (including phenoxy) is 1. The second-order valence-electron chi connectivity index (χ2n) is 3.58. The molecule has 0 radical (unpaired) electrons. The minimum absolute atomic E-state index is 0.247. The molecule has 19 heavy (non-hydrogen) atoms. The third-order valence-corrected chi connectivity index (χ3v) is 2.86. The Kier molecular flexibility index (Phi) is 4.81. The summed E-state index contributed by atoms with van der Waals surface area (Å²) in [6.45, 7) is 3.14. The van der Waals surface area contributed by atoms with Crippen LogP contribution in [0, 0.1) is 0 Å². The highest BCUT2D eigenvalue weighted by Crippen LogP contribution is 2.13. The summed E-state index contributed by atoms with van der Waals surface area (Å²) in [5, 5.41) is 3.07. The van der Waals surface area contributed by atoms with Gasteiger partial charge in [-0.25, -0.2) is 5.84 Å². The van der Waals surface area contributed by atoms with E-state index in [1.807, 2.05) is 6.92 Å². The fraction of sp³-hybridized carbons (Fsp3) is 0.400. The van der Waals surface area contributed by atoms with E-state index >= 15 is 0 Å². The summed E-state index contributed by atoms with van der Waals surface area (Å²) in [6.07, 6.45) is 2.66. The number of hydrogen-bond acceptors (Lipinski definition) is 9. The number of nitrogens with two attached hydrogens (primary N) is 1. The molecule has 0 amide bonds. The molecular formula is C10H15N7OS. The van der Waals surface area contributed by atoms with Crippen molar-refractivity contribution in [2.24, 2.45) is 5.84 Å². The lowest BCUT2D eigenvalue weighted by Gasteiger charge is -2.08. The van der Waals surface area contributed by atoms with Crippen molar-refractivity contribution in [1.29, 1.82) is 0 Å². The standard InChI is InChI=1S/C10H15N7OS/c1-2-3-18-10-15-8(14-9(16-10)17-11)13-5-7-4-12-6-19-7/h4,6H,2-3,5,11H2,1H3,(H2,13,14,15,16,17). The van der Waals surface area contributed by atoms with Crippen LogP contribution in [0.15, 0.2) is 11.7 Å². The molecule has 2 rings (SSSR count). The van der Waals surface area contributed by atoms with Gasteiger partial charge in [-0.2, -0.15) is 15.0 Å². The lowest BCUT2D eigenvalue weighted by Crippen LogP contribution is -2.14. The predicted molar refractivity (Wildman–Crippen MR) is 72.9 cm³/mol. The Morgan fingerprint density at radius 3 is 2.84 bits per heavy atom. The van der Waals surface area contributed by atoms with Gasteiger partial charge in [0, 0.05) is 11.1 Å². The van der Waals surface area contributed by atoms with Crippen LogP contribution in [0.25, 0.3) is 0 Å². The zero-order valence-electron chi connectivity index (χ0n) is 10.5. The van der Waals surface area contributed by atoms with Gasteiger partial charge in [-0.05, 0) is 6.42 Å². The molecule has 2 aromatic rings. The number of nitrogen functional groups attached to an aromatic ring is 1. The number of rotatable bonds is 7. The number of nitrogens with zero attached hydrogens (tertiary/aromatic N) is 4. The van der Waals surface area contributed by atoms with E-state index in [0.29, 0.717) is 19.1 Å². The SMILES string of the molecule is CCCOc1nc(NN)nc(NCc2cncs2)n1. The van der Waals surface area contributed by atoms with E-state index in [2.05, 4.69) is 30.7 Å². The van der Waals surface area contributed by atoms with E-state index in [4.69, 9.17) is 10.6 Å². The van der Waals surface area contributed by atoms with Gasteiger partial charge in [0.25, 0.3) is 0 Å². The topological polar surface area (TPSA) is 111 Å². The largest absolute Gasteiger partial charge is 0.463 e. The molecule has 0 bridgehead atoms. The first-order valence-corrected chi connectivity index (χ1v) is 6.66. The zero-order valence-corrected chi connectivity index (χ0v) is 11.3. The van der Waals surface area contributed by atoms with Crippen molar-refractivity contribution in [3.8, 4) is 6.01 Å². The van der Waals surface area contributed by atoms with Gasteiger partial charge >= 0.3 is 6.01 Å². The Morgan fingerprint density at radius 2 is 2.16 bits per heavy atom. The highest BCUT2D eigenvalue weighted by atomic mass is 32.1. The molecule has 0 aliphatic rings. The van der Waals surface area contributed by atoms with Gasteiger partial charge in [-0.3, -0.25) is 10.4 Å². The summed E-state index contributed by atoms with van der Waals surface area (Å²) in [6, 6.07) is 0.247. The van der Waals surface area contributed by atoms with Crippen molar-refractivity contribution in [2.45, 2.75) is 19.9 Å². The first-order valence-electron chi connectivity index (χ1n) is 5.78. The summed E-state index contributed by atoms with van der Waals surface area (Å²) in [7, 11) is 0. The molecule has 0 spiro atoms. The van der Waals surface area contributed by atoms with Crippen molar-refractivity contribution >= 4 is 23.2 Å². The smallest absolute Gasteiger partial charge is 0.323 e. The predicted octanol–water partition coefficient (Wildman–Crippen LogP) is 1.01. The molecule has 102 valence electrons. The maximum Gasteiger partial charge on any atom is 0.323 e. The first kappa shape index (κ1) is 13.4. The van der Waals surface area contributed by atoms with Crippen LogP contribution in [0.1, 0.15) is 18.2 Å². The van der Waals surface area contributed by atoms with Crippen LogP contribution < -0.4 is 21.3 Å². The highest BCUT2D eigenvalue weighted by molar-refractivity contribution is 7.09. The van der Waals surface area contributed by atoms with Crippen molar-refractivity contribution in [1.82, 2.24) is 19.9 Å². The van der Waals surface area contributed by atoms with Crippen molar-refractivity contribution in [2.75, 3.05) is 17.3 Å². The summed E-state index contributed by atoms with van der Waals surface area (Å²) in [4.78, 5) is 17.3. The number of nitrogens with one attached hydrogen (secondary N) is 2. The normalized spacial score (nSPS) is 10.2. The Bertz CT molecular complexity index is 505. The Labute approximate surface area is 114 Å². The van der Waals surface area contributed by atoms with Crippen LogP contribution in [0.4, 0.5) is 11.9 Å². The average Bonchev–Trinajstić information content (AvgIpc) is 2.96. The van der Waals surface area contributed by atoms with Crippen LogP contribution in [-0.4, -0.2) is 26.5 Å². The van der Waals surface area contributed by atoms with Crippen LogP contribution in [0.3, 0.4) is 0 Å². The average molecular weight is 281 g/mol. The highest BCUT2D eigenvalue weighted by Gasteiger charge is 2.06. The number of hydrogen-bond donors (Lipinski definition) is 3. The fourth-order valence-electron chi connectivity index (χ4n) is 1.25. The van der Waals surface area contributed by atoms with E-state index in [0.717, 1.165) is 11.3 Å². The summed E-state index contributed by atoms with van der Waals surface area (Å²) < 4.78 is 5.37. The molecule has 0 aliphatic heterocycles. The van der Waals surface area contributed by atoms with Crippen molar-refractivity contribution < 1.29 is 4.74 Å². The number of thiazole rings is 1. The van der Waals surface area contributed by atoms with Gasteiger partial charge < -0.3 is 10.1 Å². The molecule has 0 aliphatic carbocycles. The molecule has 0 saturated heterocycles. The summed E-state index contributed by atoms with van der Waals surface area (Å²) >= 11 is 1.55. The maximum atomic E-state index is 5.37. The fourth-order valence-corrected chi connectivity index (χ4v) is 1.79. The minimum atomic E-state index is 0.247. The lowest BCUT2D eigenvalue weighted by atomic mass is 10.5. The molecule has 0 saturated carbocycles. The second kappa shape index (κ2) is 6.81. The van der Waals surface area contributed by atoms with E-state index in [-0.39, 0.29) is 12.0 Å². The number of hydrazine groups is 1. The molecular weight excluding hydrogens is 266 g/mol. The molecule has 8 nitrogen and oxygen atoms in total. The van der Waals surface area contributed by atoms with Gasteiger partial charge in [-0.15, -0.1) is 11.3 Å². The Hall–Kier alpha value is -2.00. The molecule has 2 aromatic heterocycles. The Morgan fingerprint density at radius 1 is 1.32 bits per heavy atom. The van der Waals surface area contributed by atoms with Crippen LogP contribution in [-0.2, 0) is 6.54 Å². The number of anilines is 2. The zero-order chi connectivity index (χ0) is 13.5. The van der Waals surface area contributed by atoms with Gasteiger partial charge in [-0.1, -0.05) is 6.92 Å². The van der Waals surface area contributed by atoms with Crippen LogP contribution in [0.5, 0.6) is 6.01 Å². The van der Waals surface area contributed by atoms with Gasteiger partial charge in [0.15, 0.2) is 0 Å². The monoisotopic (exact) mass is 281 g/mol. The molecule has 9 heteroatoms. The van der Waals surface area contributed by atoms with Gasteiger partial charge in [0.2, 0.25) is 11.9 Å². The third-order valence-electron chi connectivity index (χ3n) is 2.08. The quantitative estimate of drug-likeness (QED) is 0.509.